The van der Waals surface area contributed by atoms with Crippen molar-refractivity contribution in [1.82, 2.24) is 20.3 Å². The maximum absolute atomic E-state index is 12.0. The predicted octanol–water partition coefficient (Wildman–Crippen LogP) is 1.31. The molecule has 5 nitrogen and oxygen atoms in total. The molecule has 1 aliphatic rings. The lowest BCUT2D eigenvalue weighted by atomic mass is 9.80. The molecule has 1 fully saturated rings. The number of amides is 1. The number of nitrogens with zero attached hydrogens (tertiary/aromatic N) is 3. The number of hydrogen-bond acceptors (Lipinski definition) is 3. The van der Waals surface area contributed by atoms with Gasteiger partial charge in [-0.2, -0.15) is 15.4 Å². The van der Waals surface area contributed by atoms with Gasteiger partial charge in [0.05, 0.1) is 6.20 Å². The summed E-state index contributed by atoms with van der Waals surface area (Å²) in [5.41, 5.74) is 0.674. The zero-order valence-corrected chi connectivity index (χ0v) is 10.0. The Hall–Kier alpha value is -1.39. The van der Waals surface area contributed by atoms with Crippen molar-refractivity contribution in [3.8, 4) is 0 Å². The lowest BCUT2D eigenvalue weighted by Gasteiger charge is -2.26. The van der Waals surface area contributed by atoms with E-state index in [1.807, 2.05) is 4.90 Å². The van der Waals surface area contributed by atoms with Gasteiger partial charge in [-0.3, -0.25) is 4.79 Å². The van der Waals surface area contributed by atoms with E-state index < -0.39 is 0 Å². The normalized spacial score (nSPS) is 21.4. The summed E-state index contributed by atoms with van der Waals surface area (Å²) in [6, 6.07) is 0. The van der Waals surface area contributed by atoms with Crippen molar-refractivity contribution in [3.05, 3.63) is 11.9 Å². The van der Waals surface area contributed by atoms with Crippen LogP contribution in [0.4, 0.5) is 0 Å². The van der Waals surface area contributed by atoms with Crippen LogP contribution in [-0.4, -0.2) is 39.3 Å². The molecule has 1 unspecified atom stereocenters. The van der Waals surface area contributed by atoms with Gasteiger partial charge in [-0.05, 0) is 17.8 Å². The molecule has 1 aromatic heterocycles. The quantitative estimate of drug-likeness (QED) is 0.779. The van der Waals surface area contributed by atoms with Crippen molar-refractivity contribution in [2.24, 2.45) is 11.3 Å². The van der Waals surface area contributed by atoms with Gasteiger partial charge in [0.1, 0.15) is 0 Å². The second-order valence-corrected chi connectivity index (χ2v) is 5.46. The Bertz CT molecular complexity index is 366. The topological polar surface area (TPSA) is 61.9 Å². The van der Waals surface area contributed by atoms with Crippen LogP contribution >= 0.6 is 0 Å². The Morgan fingerprint density at radius 2 is 2.31 bits per heavy atom. The highest BCUT2D eigenvalue weighted by molar-refractivity contribution is 5.92. The lowest BCUT2D eigenvalue weighted by Crippen LogP contribution is -2.31. The van der Waals surface area contributed by atoms with Gasteiger partial charge in [0.15, 0.2) is 5.69 Å². The molecule has 1 N–H and O–H groups in total. The van der Waals surface area contributed by atoms with E-state index in [0.717, 1.165) is 19.5 Å². The summed E-state index contributed by atoms with van der Waals surface area (Å²) < 4.78 is 0. The molecular weight excluding hydrogens is 204 g/mol. The summed E-state index contributed by atoms with van der Waals surface area (Å²) in [7, 11) is 0. The molecular formula is C11H18N4O. The molecule has 1 aliphatic heterocycles. The minimum Gasteiger partial charge on any atom is -0.337 e. The maximum atomic E-state index is 12.0. The zero-order valence-electron chi connectivity index (χ0n) is 10.0. The van der Waals surface area contributed by atoms with Gasteiger partial charge in [0, 0.05) is 13.1 Å². The Labute approximate surface area is 95.2 Å². The fourth-order valence-corrected chi connectivity index (χ4v) is 2.12. The highest BCUT2D eigenvalue weighted by atomic mass is 16.2. The van der Waals surface area contributed by atoms with Crippen molar-refractivity contribution < 1.29 is 4.79 Å². The van der Waals surface area contributed by atoms with Gasteiger partial charge < -0.3 is 4.90 Å². The van der Waals surface area contributed by atoms with E-state index in [-0.39, 0.29) is 11.3 Å². The summed E-state index contributed by atoms with van der Waals surface area (Å²) in [4.78, 5) is 13.9. The van der Waals surface area contributed by atoms with Crippen LogP contribution < -0.4 is 0 Å². The second kappa shape index (κ2) is 3.88. The number of nitrogens with one attached hydrogen (secondary N) is 1. The first kappa shape index (κ1) is 11.1. The summed E-state index contributed by atoms with van der Waals surface area (Å²) in [5.74, 6) is 0.559. The summed E-state index contributed by atoms with van der Waals surface area (Å²) >= 11 is 0. The molecule has 0 aromatic carbocycles. The molecule has 2 heterocycles. The molecule has 2 rings (SSSR count). The third-order valence-corrected chi connectivity index (χ3v) is 3.33. The molecule has 0 bridgehead atoms. The van der Waals surface area contributed by atoms with Gasteiger partial charge in [-0.1, -0.05) is 20.8 Å². The maximum Gasteiger partial charge on any atom is 0.276 e. The number of carbonyl (C=O) groups excluding carboxylic acids is 1. The minimum atomic E-state index is -0.0134. The molecule has 1 aromatic rings. The molecule has 1 atom stereocenters. The predicted molar refractivity (Wildman–Crippen MR) is 59.8 cm³/mol. The van der Waals surface area contributed by atoms with Crippen molar-refractivity contribution in [2.45, 2.75) is 27.2 Å². The van der Waals surface area contributed by atoms with E-state index in [0.29, 0.717) is 11.6 Å². The Morgan fingerprint density at radius 3 is 2.81 bits per heavy atom. The van der Waals surface area contributed by atoms with E-state index in [1.165, 1.54) is 6.20 Å². The van der Waals surface area contributed by atoms with E-state index in [2.05, 4.69) is 36.2 Å². The monoisotopic (exact) mass is 222 g/mol. The van der Waals surface area contributed by atoms with Gasteiger partial charge in [-0.15, -0.1) is 0 Å². The van der Waals surface area contributed by atoms with Gasteiger partial charge in [0.2, 0.25) is 0 Å². The molecule has 16 heavy (non-hydrogen) atoms. The zero-order chi connectivity index (χ0) is 11.8. The molecule has 0 aliphatic carbocycles. The smallest absolute Gasteiger partial charge is 0.276 e. The van der Waals surface area contributed by atoms with Crippen molar-refractivity contribution >= 4 is 5.91 Å². The number of likely N-dealkylation sites (tertiary alicyclic amines) is 1. The highest BCUT2D eigenvalue weighted by Crippen LogP contribution is 2.33. The fraction of sp³-hybridized carbons (Fsp3) is 0.727. The Balaban J connectivity index is 2.02. The van der Waals surface area contributed by atoms with Crippen molar-refractivity contribution in [3.63, 3.8) is 0 Å². The highest BCUT2D eigenvalue weighted by Gasteiger charge is 2.34. The van der Waals surface area contributed by atoms with Crippen molar-refractivity contribution in [2.75, 3.05) is 13.1 Å². The lowest BCUT2D eigenvalue weighted by molar-refractivity contribution is 0.0770. The van der Waals surface area contributed by atoms with Crippen molar-refractivity contribution in [1.29, 1.82) is 0 Å². The van der Waals surface area contributed by atoms with Crippen LogP contribution in [-0.2, 0) is 0 Å². The van der Waals surface area contributed by atoms with Crippen LogP contribution in [0.1, 0.15) is 37.7 Å². The van der Waals surface area contributed by atoms with E-state index in [4.69, 9.17) is 0 Å². The SMILES string of the molecule is CC(C)(C)C1CCN(C(=O)c2cn[nH]n2)C1. The van der Waals surface area contributed by atoms with Crippen LogP contribution in [0.5, 0.6) is 0 Å². The Kier molecular flexibility index (Phi) is 2.69. The number of hydrogen-bond donors (Lipinski definition) is 1. The molecule has 1 saturated heterocycles. The number of aromatic nitrogens is 3. The van der Waals surface area contributed by atoms with Crippen LogP contribution in [0, 0.1) is 11.3 Å². The second-order valence-electron chi connectivity index (χ2n) is 5.46. The minimum absolute atomic E-state index is 0.0134. The van der Waals surface area contributed by atoms with Crippen LogP contribution in [0.3, 0.4) is 0 Å². The van der Waals surface area contributed by atoms with Crippen LogP contribution in [0.15, 0.2) is 6.20 Å². The first-order chi connectivity index (χ1) is 7.48. The summed E-state index contributed by atoms with van der Waals surface area (Å²) in [6.45, 7) is 8.33. The largest absolute Gasteiger partial charge is 0.337 e. The average Bonchev–Trinajstić information content (AvgIpc) is 2.87. The van der Waals surface area contributed by atoms with E-state index >= 15 is 0 Å². The molecule has 5 heteroatoms. The number of H-pyrrole nitrogens is 1. The summed E-state index contributed by atoms with van der Waals surface area (Å²) in [5, 5.41) is 9.95. The first-order valence-electron chi connectivity index (χ1n) is 5.63. The van der Waals surface area contributed by atoms with Gasteiger partial charge in [0.25, 0.3) is 5.91 Å². The molecule has 0 radical (unpaired) electrons. The van der Waals surface area contributed by atoms with E-state index in [1.54, 1.807) is 0 Å². The number of carbonyl (C=O) groups is 1. The Morgan fingerprint density at radius 1 is 1.56 bits per heavy atom. The van der Waals surface area contributed by atoms with Gasteiger partial charge >= 0.3 is 0 Å². The number of rotatable bonds is 1. The third kappa shape index (κ3) is 2.08. The number of aromatic amines is 1. The van der Waals surface area contributed by atoms with E-state index in [9.17, 15) is 4.79 Å². The molecule has 1 amide bonds. The van der Waals surface area contributed by atoms with Gasteiger partial charge in [-0.25, -0.2) is 0 Å². The average molecular weight is 222 g/mol. The third-order valence-electron chi connectivity index (χ3n) is 3.33. The molecule has 88 valence electrons. The first-order valence-corrected chi connectivity index (χ1v) is 5.63. The molecule has 0 saturated carbocycles. The molecule has 0 spiro atoms. The summed E-state index contributed by atoms with van der Waals surface area (Å²) in [6.07, 6.45) is 2.56. The standard InChI is InChI=1S/C11H18N4O/c1-11(2,3)8-4-5-15(7-8)10(16)9-6-12-14-13-9/h6,8H,4-5,7H2,1-3H3,(H,12,13,14). The van der Waals surface area contributed by atoms with Crippen LogP contribution in [0.2, 0.25) is 0 Å². The van der Waals surface area contributed by atoms with Crippen LogP contribution in [0.25, 0.3) is 0 Å². The fourth-order valence-electron chi connectivity index (χ4n) is 2.12.